The first-order chi connectivity index (χ1) is 8.49. The van der Waals surface area contributed by atoms with Crippen LogP contribution in [0.1, 0.15) is 34.1 Å². The quantitative estimate of drug-likeness (QED) is 0.889. The molecule has 2 nitrogen and oxygen atoms in total. The molecule has 1 heterocycles. The normalized spacial score (nSPS) is 12.5. The van der Waals surface area contributed by atoms with E-state index >= 15 is 0 Å². The lowest BCUT2D eigenvalue weighted by Gasteiger charge is -2.16. The molecule has 2 aromatic rings. The molecule has 0 saturated heterocycles. The van der Waals surface area contributed by atoms with E-state index in [1.54, 1.807) is 24.3 Å². The first-order valence-corrected chi connectivity index (χ1v) is 6.76. The summed E-state index contributed by atoms with van der Waals surface area (Å²) in [5.41, 5.74) is 2.54. The van der Waals surface area contributed by atoms with Gasteiger partial charge in [0.05, 0.1) is 16.7 Å². The first kappa shape index (κ1) is 13.0. The second-order valence-corrected chi connectivity index (χ2v) is 5.70. The Labute approximate surface area is 111 Å². The Bertz CT molecular complexity index is 563. The van der Waals surface area contributed by atoms with Crippen molar-refractivity contribution in [2.45, 2.75) is 33.7 Å². The highest BCUT2D eigenvalue weighted by atomic mass is 32.1. The standard InChI is InChI=1S/C14H17FN2S/c1-8-12(15)6-5-7-13(8)17-10(3)14-9(2)16-11(4)18-14/h5-7,10,17H,1-4H3. The van der Waals surface area contributed by atoms with E-state index in [-0.39, 0.29) is 11.9 Å². The van der Waals surface area contributed by atoms with Crippen molar-refractivity contribution >= 4 is 17.0 Å². The molecule has 0 aliphatic rings. The molecule has 96 valence electrons. The third-order valence-corrected chi connectivity index (χ3v) is 4.23. The third-order valence-electron chi connectivity index (χ3n) is 2.97. The number of aryl methyl sites for hydroxylation is 2. The van der Waals surface area contributed by atoms with Gasteiger partial charge in [-0.1, -0.05) is 6.07 Å². The molecule has 0 amide bonds. The lowest BCUT2D eigenvalue weighted by atomic mass is 10.1. The summed E-state index contributed by atoms with van der Waals surface area (Å²) < 4.78 is 13.5. The lowest BCUT2D eigenvalue weighted by Crippen LogP contribution is -2.08. The van der Waals surface area contributed by atoms with E-state index < -0.39 is 0 Å². The minimum atomic E-state index is -0.176. The second-order valence-electron chi connectivity index (χ2n) is 4.46. The molecule has 1 aromatic carbocycles. The second kappa shape index (κ2) is 5.06. The smallest absolute Gasteiger partial charge is 0.128 e. The summed E-state index contributed by atoms with van der Waals surface area (Å²) in [5, 5.41) is 4.41. The molecular formula is C14H17FN2S. The molecule has 0 aliphatic heterocycles. The average Bonchev–Trinajstić information content (AvgIpc) is 2.64. The topological polar surface area (TPSA) is 24.9 Å². The SMILES string of the molecule is Cc1nc(C)c(C(C)Nc2cccc(F)c2C)s1. The van der Waals surface area contributed by atoms with Crippen LogP contribution in [0.15, 0.2) is 18.2 Å². The molecule has 1 aromatic heterocycles. The van der Waals surface area contributed by atoms with Gasteiger partial charge in [0.1, 0.15) is 5.82 Å². The van der Waals surface area contributed by atoms with Crippen molar-refractivity contribution in [3.8, 4) is 0 Å². The molecule has 18 heavy (non-hydrogen) atoms. The first-order valence-electron chi connectivity index (χ1n) is 5.94. The Morgan fingerprint density at radius 2 is 2.00 bits per heavy atom. The Kier molecular flexibility index (Phi) is 3.66. The fraction of sp³-hybridized carbons (Fsp3) is 0.357. The number of benzene rings is 1. The summed E-state index contributed by atoms with van der Waals surface area (Å²) in [6, 6.07) is 5.24. The molecule has 0 saturated carbocycles. The molecule has 1 atom stereocenters. The molecule has 0 spiro atoms. The van der Waals surface area contributed by atoms with Crippen molar-refractivity contribution in [1.82, 2.24) is 4.98 Å². The van der Waals surface area contributed by atoms with Crippen LogP contribution >= 0.6 is 11.3 Å². The van der Waals surface area contributed by atoms with Gasteiger partial charge >= 0.3 is 0 Å². The van der Waals surface area contributed by atoms with Crippen molar-refractivity contribution in [3.05, 3.63) is 45.2 Å². The van der Waals surface area contributed by atoms with Gasteiger partial charge in [0.2, 0.25) is 0 Å². The number of nitrogens with zero attached hydrogens (tertiary/aromatic N) is 1. The van der Waals surface area contributed by atoms with Gasteiger partial charge in [0.15, 0.2) is 0 Å². The van der Waals surface area contributed by atoms with E-state index in [4.69, 9.17) is 0 Å². The van der Waals surface area contributed by atoms with Gasteiger partial charge in [-0.25, -0.2) is 9.37 Å². The molecule has 1 unspecified atom stereocenters. The fourth-order valence-electron chi connectivity index (χ4n) is 2.01. The monoisotopic (exact) mass is 264 g/mol. The highest BCUT2D eigenvalue weighted by molar-refractivity contribution is 7.11. The summed E-state index contributed by atoms with van der Waals surface area (Å²) >= 11 is 1.68. The van der Waals surface area contributed by atoms with E-state index in [1.165, 1.54) is 10.9 Å². The van der Waals surface area contributed by atoms with Gasteiger partial charge in [0, 0.05) is 16.1 Å². The van der Waals surface area contributed by atoms with Gasteiger partial charge in [-0.15, -0.1) is 11.3 Å². The minimum absolute atomic E-state index is 0.136. The van der Waals surface area contributed by atoms with Crippen molar-refractivity contribution in [3.63, 3.8) is 0 Å². The van der Waals surface area contributed by atoms with E-state index in [2.05, 4.69) is 17.2 Å². The van der Waals surface area contributed by atoms with Crippen LogP contribution in [0.3, 0.4) is 0 Å². The maximum absolute atomic E-state index is 13.5. The Morgan fingerprint density at radius 1 is 1.28 bits per heavy atom. The van der Waals surface area contributed by atoms with Gasteiger partial charge in [-0.05, 0) is 39.8 Å². The maximum atomic E-state index is 13.5. The average molecular weight is 264 g/mol. The summed E-state index contributed by atoms with van der Waals surface area (Å²) in [5.74, 6) is -0.176. The van der Waals surface area contributed by atoms with E-state index in [1.807, 2.05) is 19.9 Å². The number of hydrogen-bond donors (Lipinski definition) is 1. The lowest BCUT2D eigenvalue weighted by molar-refractivity contribution is 0.618. The van der Waals surface area contributed by atoms with Crippen LogP contribution in [-0.2, 0) is 0 Å². The third kappa shape index (κ3) is 2.53. The molecule has 0 aliphatic carbocycles. The highest BCUT2D eigenvalue weighted by Crippen LogP contribution is 2.29. The molecular weight excluding hydrogens is 247 g/mol. The number of hydrogen-bond acceptors (Lipinski definition) is 3. The van der Waals surface area contributed by atoms with Crippen LogP contribution in [-0.4, -0.2) is 4.98 Å². The largest absolute Gasteiger partial charge is 0.377 e. The van der Waals surface area contributed by atoms with Gasteiger partial charge in [0.25, 0.3) is 0 Å². The molecule has 2 rings (SSSR count). The summed E-state index contributed by atoms with van der Waals surface area (Å²) in [6.45, 7) is 7.87. The van der Waals surface area contributed by atoms with Gasteiger partial charge < -0.3 is 5.32 Å². The van der Waals surface area contributed by atoms with E-state index in [0.29, 0.717) is 5.56 Å². The Balaban J connectivity index is 2.24. The van der Waals surface area contributed by atoms with E-state index in [9.17, 15) is 4.39 Å². The van der Waals surface area contributed by atoms with Crippen LogP contribution in [0.5, 0.6) is 0 Å². The molecule has 4 heteroatoms. The summed E-state index contributed by atoms with van der Waals surface area (Å²) in [7, 11) is 0. The summed E-state index contributed by atoms with van der Waals surface area (Å²) in [6.07, 6.45) is 0. The number of nitrogens with one attached hydrogen (secondary N) is 1. The maximum Gasteiger partial charge on any atom is 0.128 e. The predicted octanol–water partition coefficient (Wildman–Crippen LogP) is 4.38. The zero-order valence-electron chi connectivity index (χ0n) is 11.0. The van der Waals surface area contributed by atoms with E-state index in [0.717, 1.165) is 16.4 Å². The number of rotatable bonds is 3. The van der Waals surface area contributed by atoms with Crippen molar-refractivity contribution in [2.75, 3.05) is 5.32 Å². The number of anilines is 1. The number of aromatic nitrogens is 1. The van der Waals surface area contributed by atoms with Crippen molar-refractivity contribution < 1.29 is 4.39 Å². The molecule has 0 fully saturated rings. The van der Waals surface area contributed by atoms with Gasteiger partial charge in [-0.3, -0.25) is 0 Å². The van der Waals surface area contributed by atoms with Crippen molar-refractivity contribution in [1.29, 1.82) is 0 Å². The van der Waals surface area contributed by atoms with Gasteiger partial charge in [-0.2, -0.15) is 0 Å². The molecule has 0 radical (unpaired) electrons. The van der Waals surface area contributed by atoms with Crippen LogP contribution in [0.25, 0.3) is 0 Å². The minimum Gasteiger partial charge on any atom is -0.377 e. The van der Waals surface area contributed by atoms with Crippen LogP contribution < -0.4 is 5.32 Å². The highest BCUT2D eigenvalue weighted by Gasteiger charge is 2.14. The van der Waals surface area contributed by atoms with Crippen LogP contribution in [0.2, 0.25) is 0 Å². The van der Waals surface area contributed by atoms with Crippen LogP contribution in [0.4, 0.5) is 10.1 Å². The zero-order chi connectivity index (χ0) is 13.3. The summed E-state index contributed by atoms with van der Waals surface area (Å²) in [4.78, 5) is 5.62. The number of thiazole rings is 1. The molecule has 1 N–H and O–H groups in total. The predicted molar refractivity (Wildman–Crippen MR) is 74.8 cm³/mol. The number of halogens is 1. The Morgan fingerprint density at radius 3 is 2.61 bits per heavy atom. The molecule has 0 bridgehead atoms. The fourth-order valence-corrected chi connectivity index (χ4v) is 2.94. The van der Waals surface area contributed by atoms with Crippen molar-refractivity contribution in [2.24, 2.45) is 0 Å². The Hall–Kier alpha value is -1.42. The van der Waals surface area contributed by atoms with Crippen LogP contribution in [0, 0.1) is 26.6 Å². The zero-order valence-corrected chi connectivity index (χ0v) is 11.9.